The summed E-state index contributed by atoms with van der Waals surface area (Å²) in [4.78, 5) is 0. The van der Waals surface area contributed by atoms with Crippen molar-refractivity contribution in [3.05, 3.63) is 29.8 Å². The summed E-state index contributed by atoms with van der Waals surface area (Å²) in [6.07, 6.45) is 1.58. The second kappa shape index (κ2) is 6.02. The van der Waals surface area contributed by atoms with Crippen molar-refractivity contribution in [3.63, 3.8) is 0 Å². The van der Waals surface area contributed by atoms with E-state index in [1.54, 1.807) is 24.3 Å². The molecule has 0 saturated carbocycles. The largest absolute Gasteiger partial charge is 0.398 e. The van der Waals surface area contributed by atoms with Gasteiger partial charge < -0.3 is 5.73 Å². The molecule has 0 fully saturated rings. The predicted molar refractivity (Wildman–Crippen MR) is 71.0 cm³/mol. The highest BCUT2D eigenvalue weighted by Gasteiger charge is 2.16. The summed E-state index contributed by atoms with van der Waals surface area (Å²) in [5.41, 5.74) is 6.89. The van der Waals surface area contributed by atoms with Gasteiger partial charge in [-0.2, -0.15) is 0 Å². The van der Waals surface area contributed by atoms with Gasteiger partial charge in [-0.3, -0.25) is 0 Å². The van der Waals surface area contributed by atoms with Gasteiger partial charge in [0.1, 0.15) is 0 Å². The molecule has 0 saturated heterocycles. The molecule has 0 spiro atoms. The Kier molecular flexibility index (Phi) is 4.96. The van der Waals surface area contributed by atoms with E-state index < -0.39 is 10.0 Å². The minimum Gasteiger partial charge on any atom is -0.398 e. The van der Waals surface area contributed by atoms with Crippen molar-refractivity contribution in [2.75, 3.05) is 5.73 Å². The number of nitrogens with one attached hydrogen (secondary N) is 1. The summed E-state index contributed by atoms with van der Waals surface area (Å²) in [5.74, 6) is -0.0594. The van der Waals surface area contributed by atoms with Gasteiger partial charge in [0.25, 0.3) is 0 Å². The van der Waals surface area contributed by atoms with Crippen LogP contribution in [-0.4, -0.2) is 14.5 Å². The Morgan fingerprint density at radius 1 is 1.24 bits per heavy atom. The molecule has 0 aliphatic heterocycles. The van der Waals surface area contributed by atoms with E-state index in [9.17, 15) is 8.42 Å². The van der Waals surface area contributed by atoms with E-state index in [1.165, 1.54) is 0 Å². The van der Waals surface area contributed by atoms with Gasteiger partial charge in [0.05, 0.1) is 5.75 Å². The number of sulfonamides is 1. The van der Waals surface area contributed by atoms with E-state index in [0.717, 1.165) is 12.8 Å². The second-order valence-corrected chi connectivity index (χ2v) is 5.84. The van der Waals surface area contributed by atoms with Crippen molar-refractivity contribution < 1.29 is 8.42 Å². The Bertz CT molecular complexity index is 453. The van der Waals surface area contributed by atoms with Gasteiger partial charge in [-0.05, 0) is 24.5 Å². The normalized spacial score (nSPS) is 11.9. The van der Waals surface area contributed by atoms with Crippen LogP contribution in [0.1, 0.15) is 32.3 Å². The Morgan fingerprint density at radius 3 is 2.35 bits per heavy atom. The number of nitrogen functional groups attached to an aromatic ring is 1. The van der Waals surface area contributed by atoms with Crippen LogP contribution in [-0.2, 0) is 15.8 Å². The molecule has 96 valence electrons. The molecule has 0 bridgehead atoms. The fraction of sp³-hybridized carbons (Fsp3) is 0.500. The average molecular weight is 256 g/mol. The highest BCUT2D eigenvalue weighted by atomic mass is 32.2. The maximum absolute atomic E-state index is 11.9. The number of nitrogens with two attached hydrogens (primary N) is 1. The Hall–Kier alpha value is -1.07. The number of benzene rings is 1. The van der Waals surface area contributed by atoms with Crippen LogP contribution >= 0.6 is 0 Å². The number of rotatable bonds is 6. The third kappa shape index (κ3) is 4.36. The van der Waals surface area contributed by atoms with Crippen molar-refractivity contribution in [2.45, 2.75) is 38.5 Å². The van der Waals surface area contributed by atoms with E-state index in [2.05, 4.69) is 4.72 Å². The van der Waals surface area contributed by atoms with Crippen LogP contribution in [0.2, 0.25) is 0 Å². The lowest BCUT2D eigenvalue weighted by atomic mass is 10.2. The minimum atomic E-state index is -3.31. The molecule has 5 heteroatoms. The molecule has 0 aliphatic rings. The monoisotopic (exact) mass is 256 g/mol. The van der Waals surface area contributed by atoms with Gasteiger partial charge in [0.2, 0.25) is 10.0 Å². The Morgan fingerprint density at radius 2 is 1.82 bits per heavy atom. The Balaban J connectivity index is 2.77. The maximum Gasteiger partial charge on any atom is 0.216 e. The highest BCUT2D eigenvalue weighted by Crippen LogP contribution is 2.14. The van der Waals surface area contributed by atoms with Gasteiger partial charge in [0, 0.05) is 11.7 Å². The summed E-state index contributed by atoms with van der Waals surface area (Å²) in [7, 11) is -3.31. The van der Waals surface area contributed by atoms with Crippen LogP contribution in [0.25, 0.3) is 0 Å². The highest BCUT2D eigenvalue weighted by molar-refractivity contribution is 7.88. The molecule has 4 nitrogen and oxygen atoms in total. The van der Waals surface area contributed by atoms with Crippen molar-refractivity contribution in [1.82, 2.24) is 4.72 Å². The van der Waals surface area contributed by atoms with Crippen molar-refractivity contribution in [3.8, 4) is 0 Å². The molecule has 0 unspecified atom stereocenters. The van der Waals surface area contributed by atoms with Crippen LogP contribution in [0, 0.1) is 0 Å². The zero-order valence-corrected chi connectivity index (χ0v) is 11.1. The third-order valence-electron chi connectivity index (χ3n) is 2.73. The number of hydrogen-bond donors (Lipinski definition) is 2. The fourth-order valence-electron chi connectivity index (χ4n) is 1.62. The molecular formula is C12H20N2O2S. The van der Waals surface area contributed by atoms with Gasteiger partial charge in [-0.15, -0.1) is 0 Å². The average Bonchev–Trinajstić information content (AvgIpc) is 2.29. The molecule has 1 aromatic rings. The minimum absolute atomic E-state index is 0.00457. The summed E-state index contributed by atoms with van der Waals surface area (Å²) in [6.45, 7) is 3.93. The van der Waals surface area contributed by atoms with Crippen molar-refractivity contribution in [1.29, 1.82) is 0 Å². The summed E-state index contributed by atoms with van der Waals surface area (Å²) in [6, 6.07) is 7.03. The van der Waals surface area contributed by atoms with Crippen LogP contribution in [0.5, 0.6) is 0 Å². The Labute approximate surface area is 103 Å². The summed E-state index contributed by atoms with van der Waals surface area (Å²) >= 11 is 0. The molecule has 3 N–H and O–H groups in total. The van der Waals surface area contributed by atoms with E-state index in [0.29, 0.717) is 11.3 Å². The quantitative estimate of drug-likeness (QED) is 0.763. The molecule has 0 aromatic heterocycles. The first-order valence-corrected chi connectivity index (χ1v) is 7.47. The van der Waals surface area contributed by atoms with Crippen molar-refractivity contribution >= 4 is 15.7 Å². The molecule has 0 atom stereocenters. The molecule has 0 amide bonds. The molecule has 0 heterocycles. The lowest BCUT2D eigenvalue weighted by Crippen LogP contribution is -2.34. The lowest BCUT2D eigenvalue weighted by Gasteiger charge is -2.15. The molecular weight excluding hydrogens is 236 g/mol. The van der Waals surface area contributed by atoms with Gasteiger partial charge in [-0.1, -0.05) is 32.0 Å². The first-order chi connectivity index (χ1) is 7.98. The first kappa shape index (κ1) is 14.0. The second-order valence-electron chi connectivity index (χ2n) is 4.09. The molecule has 0 aliphatic carbocycles. The van der Waals surface area contributed by atoms with E-state index >= 15 is 0 Å². The zero-order chi connectivity index (χ0) is 12.9. The standard InChI is InChI=1S/C12H20N2O2S/c1-3-11(4-2)14-17(15,16)9-10-7-5-6-8-12(10)13/h5-8,11,14H,3-4,9,13H2,1-2H3. The zero-order valence-electron chi connectivity index (χ0n) is 10.3. The molecule has 17 heavy (non-hydrogen) atoms. The lowest BCUT2D eigenvalue weighted by molar-refractivity contribution is 0.529. The number of hydrogen-bond acceptors (Lipinski definition) is 3. The van der Waals surface area contributed by atoms with E-state index in [4.69, 9.17) is 5.73 Å². The SMILES string of the molecule is CCC(CC)NS(=O)(=O)Cc1ccccc1N. The maximum atomic E-state index is 11.9. The fourth-order valence-corrected chi connectivity index (χ4v) is 3.22. The van der Waals surface area contributed by atoms with E-state index in [-0.39, 0.29) is 11.8 Å². The van der Waals surface area contributed by atoms with Gasteiger partial charge in [0.15, 0.2) is 0 Å². The summed E-state index contributed by atoms with van der Waals surface area (Å²) in [5, 5.41) is 0. The van der Waals surface area contributed by atoms with Gasteiger partial charge in [-0.25, -0.2) is 13.1 Å². The van der Waals surface area contributed by atoms with Crippen molar-refractivity contribution in [2.24, 2.45) is 0 Å². The van der Waals surface area contributed by atoms with Gasteiger partial charge >= 0.3 is 0 Å². The topological polar surface area (TPSA) is 72.2 Å². The third-order valence-corrected chi connectivity index (χ3v) is 4.12. The number of anilines is 1. The van der Waals surface area contributed by atoms with E-state index in [1.807, 2.05) is 13.8 Å². The molecule has 0 radical (unpaired) electrons. The van der Waals surface area contributed by atoms with Crippen LogP contribution in [0.15, 0.2) is 24.3 Å². The number of para-hydroxylation sites is 1. The smallest absolute Gasteiger partial charge is 0.216 e. The molecule has 1 rings (SSSR count). The predicted octanol–water partition coefficient (Wildman–Crippen LogP) is 1.88. The van der Waals surface area contributed by atoms with Crippen LogP contribution < -0.4 is 10.5 Å². The summed E-state index contributed by atoms with van der Waals surface area (Å²) < 4.78 is 26.5. The molecule has 1 aromatic carbocycles. The first-order valence-electron chi connectivity index (χ1n) is 5.82. The van der Waals surface area contributed by atoms with Crippen LogP contribution in [0.4, 0.5) is 5.69 Å². The van der Waals surface area contributed by atoms with Crippen LogP contribution in [0.3, 0.4) is 0 Å².